The highest BCUT2D eigenvalue weighted by molar-refractivity contribution is 9.12. The number of thiocarbonyl (C=S) groups is 1. The smallest absolute Gasteiger partial charge is 0.306 e. The van der Waals surface area contributed by atoms with Crippen molar-refractivity contribution in [1.82, 2.24) is 5.09 Å². The van der Waals surface area contributed by atoms with Crippen molar-refractivity contribution in [3.05, 3.63) is 11.1 Å². The number of hydrogen-bond acceptors (Lipinski definition) is 4. The Kier molecular flexibility index (Phi) is 7.36. The van der Waals surface area contributed by atoms with E-state index in [2.05, 4.69) is 39.8 Å². The first-order valence-electron chi connectivity index (χ1n) is 3.48. The highest BCUT2D eigenvalue weighted by Crippen LogP contribution is 2.56. The molecule has 0 aliphatic heterocycles. The molecule has 0 aromatic rings. The zero-order valence-corrected chi connectivity index (χ0v) is 11.3. The topological polar surface area (TPSA) is 38.3 Å². The lowest BCUT2D eigenvalue weighted by molar-refractivity contribution is 0.343. The Morgan fingerprint density at radius 2 is 2.54 bits per heavy atom. The Morgan fingerprint density at radius 1 is 1.92 bits per heavy atom. The number of rotatable bonds is 7. The van der Waals surface area contributed by atoms with Crippen LogP contribution in [0.2, 0.25) is 0 Å². The fourth-order valence-corrected chi connectivity index (χ4v) is 4.89. The minimum atomic E-state index is -2.86. The van der Waals surface area contributed by atoms with Crippen LogP contribution in [0.4, 0.5) is 0 Å². The Hall–Kier alpha value is 0.650. The molecule has 0 bridgehead atoms. The van der Waals surface area contributed by atoms with Crippen LogP contribution < -0.4 is 5.09 Å². The van der Waals surface area contributed by atoms with Gasteiger partial charge in [-0.05, 0) is 22.8 Å². The summed E-state index contributed by atoms with van der Waals surface area (Å²) in [4.78, 5) is 0. The number of halogens is 1. The zero-order valence-electron chi connectivity index (χ0n) is 7.16. The van der Waals surface area contributed by atoms with E-state index in [1.807, 2.05) is 0 Å². The summed E-state index contributed by atoms with van der Waals surface area (Å²) in [5, 5.41) is 2.54. The summed E-state index contributed by atoms with van der Waals surface area (Å²) in [6.45, 7) is 2.94. The van der Waals surface area contributed by atoms with Crippen molar-refractivity contribution < 1.29 is 9.09 Å². The molecule has 0 aliphatic rings. The van der Waals surface area contributed by atoms with E-state index < -0.39 is 6.72 Å². The second-order valence-corrected chi connectivity index (χ2v) is 7.59. The molecular weight excluding hydrogens is 293 g/mol. The summed E-state index contributed by atoms with van der Waals surface area (Å²) in [7, 11) is 0. The van der Waals surface area contributed by atoms with Crippen molar-refractivity contribution in [3.8, 4) is 0 Å². The molecule has 1 unspecified atom stereocenters. The van der Waals surface area contributed by atoms with Gasteiger partial charge in [-0.15, -0.1) is 0 Å². The molecule has 0 fully saturated rings. The monoisotopic (exact) mass is 303 g/mol. The van der Waals surface area contributed by atoms with E-state index in [1.54, 1.807) is 6.92 Å². The average Bonchev–Trinajstić information content (AvgIpc) is 2.02. The maximum Gasteiger partial charge on any atom is 0.351 e. The van der Waals surface area contributed by atoms with Crippen LogP contribution in [0.25, 0.3) is 0 Å². The predicted molar refractivity (Wildman–Crippen MR) is 66.5 cm³/mol. The predicted octanol–water partition coefficient (Wildman–Crippen LogP) is 3.32. The molecule has 13 heavy (non-hydrogen) atoms. The highest BCUT2D eigenvalue weighted by atomic mass is 79.9. The summed E-state index contributed by atoms with van der Waals surface area (Å²) >= 11 is 8.89. The van der Waals surface area contributed by atoms with Gasteiger partial charge in [-0.1, -0.05) is 34.7 Å². The molecule has 0 saturated carbocycles. The van der Waals surface area contributed by atoms with Crippen LogP contribution >= 0.6 is 46.3 Å². The van der Waals surface area contributed by atoms with E-state index in [4.69, 9.17) is 4.52 Å². The first-order valence-corrected chi connectivity index (χ1v) is 7.96. The standard InChI is InChI=1S/C6H11BrNO2PS2/c1-3-10-11(9,8-5-12)13-4-6(2)7/h5H,2-4H2,1H3,(H,8,9,12). The van der Waals surface area contributed by atoms with Gasteiger partial charge in [0.2, 0.25) is 0 Å². The minimum absolute atomic E-state index is 0.384. The molecule has 0 spiro atoms. The lowest BCUT2D eigenvalue weighted by Crippen LogP contribution is -2.06. The van der Waals surface area contributed by atoms with E-state index in [-0.39, 0.29) is 0 Å². The fraction of sp³-hybridized carbons (Fsp3) is 0.500. The largest absolute Gasteiger partial charge is 0.351 e. The van der Waals surface area contributed by atoms with Crippen LogP contribution in [-0.4, -0.2) is 17.9 Å². The molecule has 0 aliphatic carbocycles. The van der Waals surface area contributed by atoms with E-state index in [0.717, 1.165) is 15.9 Å². The summed E-state index contributed by atoms with van der Waals surface area (Å²) in [6.07, 6.45) is 0. The average molecular weight is 304 g/mol. The lowest BCUT2D eigenvalue weighted by atomic mass is 10.8. The van der Waals surface area contributed by atoms with Crippen molar-refractivity contribution in [2.45, 2.75) is 6.92 Å². The molecule has 3 nitrogen and oxygen atoms in total. The Balaban J connectivity index is 4.14. The first kappa shape index (κ1) is 13.7. The van der Waals surface area contributed by atoms with Gasteiger partial charge in [-0.25, -0.2) is 0 Å². The zero-order chi connectivity index (χ0) is 10.3. The molecule has 0 saturated heterocycles. The van der Waals surface area contributed by atoms with Crippen LogP contribution in [0.3, 0.4) is 0 Å². The van der Waals surface area contributed by atoms with Gasteiger partial charge in [-0.3, -0.25) is 4.57 Å². The summed E-state index contributed by atoms with van der Waals surface area (Å²) in [5.41, 5.74) is 1.21. The van der Waals surface area contributed by atoms with E-state index in [0.29, 0.717) is 12.4 Å². The van der Waals surface area contributed by atoms with Gasteiger partial charge in [0, 0.05) is 5.75 Å². The van der Waals surface area contributed by atoms with Gasteiger partial charge < -0.3 is 9.61 Å². The molecule has 0 heterocycles. The molecule has 76 valence electrons. The van der Waals surface area contributed by atoms with Crippen molar-refractivity contribution in [2.75, 3.05) is 12.4 Å². The van der Waals surface area contributed by atoms with Crippen LogP contribution in [0, 0.1) is 0 Å². The molecule has 1 N–H and O–H groups in total. The van der Waals surface area contributed by atoms with E-state index in [1.165, 1.54) is 5.49 Å². The maximum atomic E-state index is 11.8. The number of hydrogen-bond donors (Lipinski definition) is 1. The summed E-state index contributed by atoms with van der Waals surface area (Å²) < 4.78 is 17.6. The molecule has 0 radical (unpaired) electrons. The van der Waals surface area contributed by atoms with Crippen molar-refractivity contribution in [2.24, 2.45) is 0 Å². The van der Waals surface area contributed by atoms with Crippen LogP contribution in [0.1, 0.15) is 6.92 Å². The van der Waals surface area contributed by atoms with Gasteiger partial charge in [0.25, 0.3) is 0 Å². The second kappa shape index (κ2) is 7.01. The van der Waals surface area contributed by atoms with Gasteiger partial charge in [0.1, 0.15) is 0 Å². The fourth-order valence-electron chi connectivity index (χ4n) is 0.501. The third-order valence-corrected chi connectivity index (χ3v) is 5.75. The van der Waals surface area contributed by atoms with Gasteiger partial charge in [0.05, 0.1) is 12.1 Å². The molecule has 0 aromatic carbocycles. The van der Waals surface area contributed by atoms with Crippen molar-refractivity contribution in [3.63, 3.8) is 0 Å². The Bertz CT molecular complexity index is 237. The Labute approximate surface area is 96.1 Å². The normalized spacial score (nSPS) is 14.6. The molecule has 0 rings (SSSR count). The first-order chi connectivity index (χ1) is 6.04. The summed E-state index contributed by atoms with van der Waals surface area (Å²) in [6, 6.07) is 0. The van der Waals surface area contributed by atoms with Gasteiger partial charge in [0.15, 0.2) is 0 Å². The van der Waals surface area contributed by atoms with Crippen molar-refractivity contribution >= 4 is 51.7 Å². The van der Waals surface area contributed by atoms with Gasteiger partial charge >= 0.3 is 6.72 Å². The third kappa shape index (κ3) is 6.69. The maximum absolute atomic E-state index is 11.8. The molecule has 0 amide bonds. The molecular formula is C6H11BrNO2PS2. The van der Waals surface area contributed by atoms with Gasteiger partial charge in [-0.2, -0.15) is 0 Å². The second-order valence-electron chi connectivity index (χ2n) is 1.95. The van der Waals surface area contributed by atoms with E-state index in [9.17, 15) is 4.57 Å². The quantitative estimate of drug-likeness (QED) is 0.577. The van der Waals surface area contributed by atoms with Crippen molar-refractivity contribution in [1.29, 1.82) is 0 Å². The van der Waals surface area contributed by atoms with Crippen LogP contribution in [0.15, 0.2) is 11.1 Å². The minimum Gasteiger partial charge on any atom is -0.306 e. The SMILES string of the molecule is C=C(Br)CSP(=O)(NC=S)OCC. The van der Waals surface area contributed by atoms with E-state index >= 15 is 0 Å². The third-order valence-electron chi connectivity index (χ3n) is 0.901. The molecule has 7 heteroatoms. The molecule has 1 atom stereocenters. The Morgan fingerprint density at radius 3 is 2.92 bits per heavy atom. The lowest BCUT2D eigenvalue weighted by Gasteiger charge is -2.15. The van der Waals surface area contributed by atoms with Crippen LogP contribution in [-0.2, 0) is 9.09 Å². The number of nitrogens with one attached hydrogen (secondary N) is 1. The molecule has 0 aromatic heterocycles. The van der Waals surface area contributed by atoms with Crippen LogP contribution in [0.5, 0.6) is 0 Å². The summed E-state index contributed by atoms with van der Waals surface area (Å²) in [5.74, 6) is 0.521. The highest BCUT2D eigenvalue weighted by Gasteiger charge is 2.21.